The molecule has 0 aliphatic carbocycles. The molecule has 26 heavy (non-hydrogen) atoms. The summed E-state index contributed by atoms with van der Waals surface area (Å²) >= 11 is 0. The number of aromatic hydroxyl groups is 3. The molecule has 0 bridgehead atoms. The molecule has 1 aromatic heterocycles. The van der Waals surface area contributed by atoms with Gasteiger partial charge in [-0.2, -0.15) is 0 Å². The van der Waals surface area contributed by atoms with Crippen LogP contribution in [0.3, 0.4) is 0 Å². The minimum Gasteiger partial charge on any atom is -1.00 e. The first-order chi connectivity index (χ1) is 12.0. The van der Waals surface area contributed by atoms with E-state index in [0.717, 1.165) is 6.07 Å². The molecule has 0 saturated heterocycles. The number of methoxy groups -OCH3 is 3. The lowest BCUT2D eigenvalue weighted by molar-refractivity contribution is -0.00000931. The zero-order valence-electron chi connectivity index (χ0n) is 14.2. The Kier molecular flexibility index (Phi) is 5.52. The quantitative estimate of drug-likeness (QED) is 0.568. The molecule has 8 heteroatoms. The van der Waals surface area contributed by atoms with Gasteiger partial charge < -0.3 is 41.9 Å². The summed E-state index contributed by atoms with van der Waals surface area (Å²) in [5.74, 6) is 0.764. The highest BCUT2D eigenvalue weighted by atomic mass is 35.5. The summed E-state index contributed by atoms with van der Waals surface area (Å²) < 4.78 is 21.6. The second-order valence-electron chi connectivity index (χ2n) is 5.25. The van der Waals surface area contributed by atoms with Gasteiger partial charge in [-0.25, -0.2) is 4.42 Å². The van der Waals surface area contributed by atoms with E-state index >= 15 is 0 Å². The van der Waals surface area contributed by atoms with E-state index in [4.69, 9.17) is 18.6 Å². The third-order valence-electron chi connectivity index (χ3n) is 3.76. The Morgan fingerprint density at radius 1 is 0.769 bits per heavy atom. The molecule has 3 aromatic rings. The van der Waals surface area contributed by atoms with Crippen molar-refractivity contribution in [1.29, 1.82) is 0 Å². The van der Waals surface area contributed by atoms with Crippen LogP contribution in [0, 0.1) is 0 Å². The van der Waals surface area contributed by atoms with Crippen molar-refractivity contribution in [2.24, 2.45) is 0 Å². The highest BCUT2D eigenvalue weighted by Crippen LogP contribution is 2.44. The number of phenols is 2. The van der Waals surface area contributed by atoms with E-state index in [1.165, 1.54) is 33.5 Å². The average Bonchev–Trinajstić information content (AvgIpc) is 2.60. The summed E-state index contributed by atoms with van der Waals surface area (Å²) in [7, 11) is 4.45. The number of halogens is 1. The molecule has 0 fully saturated rings. The van der Waals surface area contributed by atoms with Crippen molar-refractivity contribution >= 4 is 11.0 Å². The molecule has 0 aliphatic heterocycles. The summed E-state index contributed by atoms with van der Waals surface area (Å²) in [5.41, 5.74) is 0.677. The molecule has 138 valence electrons. The van der Waals surface area contributed by atoms with Gasteiger partial charge in [0.2, 0.25) is 11.5 Å². The van der Waals surface area contributed by atoms with Gasteiger partial charge in [0.25, 0.3) is 0 Å². The lowest BCUT2D eigenvalue weighted by Crippen LogP contribution is -3.00. The summed E-state index contributed by atoms with van der Waals surface area (Å²) in [6.45, 7) is 0. The van der Waals surface area contributed by atoms with Crippen LogP contribution in [0.1, 0.15) is 0 Å². The van der Waals surface area contributed by atoms with Crippen LogP contribution in [0.25, 0.3) is 22.3 Å². The normalized spacial score (nSPS) is 10.3. The third kappa shape index (κ3) is 3.21. The second kappa shape index (κ2) is 7.45. The fraction of sp³-hybridized carbons (Fsp3) is 0.167. The highest BCUT2D eigenvalue weighted by Gasteiger charge is 2.26. The van der Waals surface area contributed by atoms with Crippen LogP contribution < -0.4 is 26.6 Å². The van der Waals surface area contributed by atoms with Gasteiger partial charge in [0.15, 0.2) is 11.5 Å². The smallest absolute Gasteiger partial charge is 0.402 e. The van der Waals surface area contributed by atoms with Crippen molar-refractivity contribution in [2.45, 2.75) is 0 Å². The Hall–Kier alpha value is -3.06. The molecular formula is C18H17ClO7. The van der Waals surface area contributed by atoms with Crippen molar-refractivity contribution < 1.29 is 46.4 Å². The standard InChI is InChI=1S/C18H16O7.ClH/c1-22-15-4-9(5-16(23-2)18(15)24-3)17-13(21)8-11-12(20)6-10(19)7-14(11)25-17;/h4-8H,1-3H3,(H2-,19,20,21);1H. The number of hydrogen-bond acceptors (Lipinski definition) is 6. The Bertz CT molecular complexity index is 931. The predicted molar refractivity (Wildman–Crippen MR) is 90.7 cm³/mol. The molecule has 0 amide bonds. The van der Waals surface area contributed by atoms with Crippen LogP contribution >= 0.6 is 0 Å². The Morgan fingerprint density at radius 2 is 1.38 bits per heavy atom. The number of rotatable bonds is 4. The first-order valence-corrected chi connectivity index (χ1v) is 7.30. The van der Waals surface area contributed by atoms with Crippen LogP contribution in [0.4, 0.5) is 0 Å². The van der Waals surface area contributed by atoms with E-state index in [1.807, 2.05) is 0 Å². The van der Waals surface area contributed by atoms with E-state index in [9.17, 15) is 15.3 Å². The second-order valence-corrected chi connectivity index (χ2v) is 5.25. The van der Waals surface area contributed by atoms with Crippen LogP contribution in [-0.2, 0) is 0 Å². The molecule has 0 saturated carbocycles. The molecule has 2 aromatic carbocycles. The molecule has 1 heterocycles. The zero-order chi connectivity index (χ0) is 18.1. The molecule has 7 nitrogen and oxygen atoms in total. The third-order valence-corrected chi connectivity index (χ3v) is 3.76. The summed E-state index contributed by atoms with van der Waals surface area (Å²) in [5, 5.41) is 30.1. The molecule has 0 radical (unpaired) electrons. The maximum atomic E-state index is 10.3. The highest BCUT2D eigenvalue weighted by molar-refractivity contribution is 5.88. The minimum absolute atomic E-state index is 0. The van der Waals surface area contributed by atoms with E-state index < -0.39 is 0 Å². The van der Waals surface area contributed by atoms with Crippen molar-refractivity contribution in [3.8, 4) is 45.8 Å². The molecule has 3 N–H and O–H groups in total. The van der Waals surface area contributed by atoms with Crippen LogP contribution in [0.5, 0.6) is 34.5 Å². The van der Waals surface area contributed by atoms with E-state index in [2.05, 4.69) is 0 Å². The number of phenolic OH excluding ortho intramolecular Hbond substituents is 2. The van der Waals surface area contributed by atoms with Crippen molar-refractivity contribution in [1.82, 2.24) is 0 Å². The average molecular weight is 381 g/mol. The minimum atomic E-state index is -0.203. The monoisotopic (exact) mass is 380 g/mol. The van der Waals surface area contributed by atoms with Crippen molar-refractivity contribution in [3.63, 3.8) is 0 Å². The maximum absolute atomic E-state index is 10.3. The fourth-order valence-corrected chi connectivity index (χ4v) is 2.61. The molecule has 0 atom stereocenters. The van der Waals surface area contributed by atoms with Gasteiger partial charge in [-0.3, -0.25) is 0 Å². The van der Waals surface area contributed by atoms with Gasteiger partial charge in [-0.15, -0.1) is 0 Å². The van der Waals surface area contributed by atoms with Gasteiger partial charge in [0.05, 0.1) is 33.0 Å². The van der Waals surface area contributed by atoms with Gasteiger partial charge in [-0.05, 0) is 0 Å². The first-order valence-electron chi connectivity index (χ1n) is 7.30. The van der Waals surface area contributed by atoms with Crippen LogP contribution in [-0.4, -0.2) is 36.6 Å². The largest absolute Gasteiger partial charge is 1.00 e. The number of hydrogen-bond donors (Lipinski definition) is 3. The van der Waals surface area contributed by atoms with Crippen molar-refractivity contribution in [2.75, 3.05) is 21.3 Å². The van der Waals surface area contributed by atoms with Crippen LogP contribution in [0.2, 0.25) is 0 Å². The maximum Gasteiger partial charge on any atom is 0.402 e. The SMILES string of the molecule is COc1cc(-c2[o+]c3cc(O)cc(O)c3cc2O)cc(OC)c1OC.[Cl-]. The lowest BCUT2D eigenvalue weighted by atomic mass is 10.1. The predicted octanol–water partition coefficient (Wildman–Crippen LogP) is 0.528. The molecule has 3 rings (SSSR count). The van der Waals surface area contributed by atoms with Crippen molar-refractivity contribution in [3.05, 3.63) is 30.3 Å². The van der Waals surface area contributed by atoms with Gasteiger partial charge >= 0.3 is 11.3 Å². The van der Waals surface area contributed by atoms with E-state index in [0.29, 0.717) is 22.8 Å². The number of benzene rings is 2. The fourth-order valence-electron chi connectivity index (χ4n) is 2.61. The van der Waals surface area contributed by atoms with Crippen LogP contribution in [0.15, 0.2) is 34.7 Å². The van der Waals surface area contributed by atoms with Gasteiger partial charge in [0, 0.05) is 24.3 Å². The first kappa shape index (κ1) is 19.3. The number of ether oxygens (including phenoxy) is 3. The van der Waals surface area contributed by atoms with E-state index in [1.54, 1.807) is 12.1 Å². The zero-order valence-corrected chi connectivity index (χ0v) is 15.0. The Morgan fingerprint density at radius 3 is 1.92 bits per heavy atom. The van der Waals surface area contributed by atoms with Gasteiger partial charge in [-0.1, -0.05) is 0 Å². The van der Waals surface area contributed by atoms with E-state index in [-0.39, 0.29) is 46.4 Å². The lowest BCUT2D eigenvalue weighted by Gasteiger charge is -2.12. The molecule has 0 aliphatic rings. The summed E-state index contributed by atoms with van der Waals surface area (Å²) in [6, 6.07) is 7.10. The molecule has 0 unspecified atom stereocenters. The van der Waals surface area contributed by atoms with Gasteiger partial charge in [0.1, 0.15) is 16.9 Å². The number of fused-ring (bicyclic) bond motifs is 1. The molecular weight excluding hydrogens is 364 g/mol. The Balaban J connectivity index is 0.00000243. The summed E-state index contributed by atoms with van der Waals surface area (Å²) in [4.78, 5) is 0. The summed E-state index contributed by atoms with van der Waals surface area (Å²) in [6.07, 6.45) is 0. The molecule has 0 spiro atoms. The topological polar surface area (TPSA) is 99.7 Å². The Labute approximate surface area is 155 Å².